The summed E-state index contributed by atoms with van der Waals surface area (Å²) in [5.74, 6) is 0.0592. The third kappa shape index (κ3) is 3.12. The molecule has 0 amide bonds. The summed E-state index contributed by atoms with van der Waals surface area (Å²) in [4.78, 5) is 6.46. The minimum absolute atomic E-state index is 0.0592. The minimum atomic E-state index is 0.0592. The first kappa shape index (κ1) is 12.7. The lowest BCUT2D eigenvalue weighted by Gasteiger charge is -2.27. The third-order valence-corrected chi connectivity index (χ3v) is 3.33. The molecule has 0 bridgehead atoms. The summed E-state index contributed by atoms with van der Waals surface area (Å²) in [7, 11) is 0. The smallest absolute Gasteiger partial charge is 0.188 e. The van der Waals surface area contributed by atoms with Crippen LogP contribution in [0.25, 0.3) is 0 Å². The van der Waals surface area contributed by atoms with Crippen LogP contribution in [0.1, 0.15) is 37.8 Å². The van der Waals surface area contributed by atoms with Crippen molar-refractivity contribution in [3.63, 3.8) is 0 Å². The van der Waals surface area contributed by atoms with Crippen molar-refractivity contribution in [1.82, 2.24) is 4.98 Å². The second-order valence-electron chi connectivity index (χ2n) is 4.64. The van der Waals surface area contributed by atoms with Crippen LogP contribution >= 0.6 is 0 Å². The van der Waals surface area contributed by atoms with Gasteiger partial charge in [-0.2, -0.15) is 0 Å². The maximum Gasteiger partial charge on any atom is 0.188 e. The highest BCUT2D eigenvalue weighted by atomic mass is 16.4. The van der Waals surface area contributed by atoms with Crippen LogP contribution in [-0.4, -0.2) is 29.1 Å². The van der Waals surface area contributed by atoms with Crippen molar-refractivity contribution in [2.75, 3.05) is 18.0 Å². The molecule has 2 heterocycles. The quantitative estimate of drug-likeness (QED) is 0.363. The molecule has 0 atom stereocenters. The molecule has 1 aromatic rings. The number of hydrogen-bond acceptors (Lipinski definition) is 4. The van der Waals surface area contributed by atoms with Crippen molar-refractivity contribution in [2.45, 2.75) is 32.1 Å². The van der Waals surface area contributed by atoms with E-state index in [2.05, 4.69) is 15.0 Å². The molecule has 98 valence electrons. The van der Waals surface area contributed by atoms with Gasteiger partial charge < -0.3 is 15.8 Å². The van der Waals surface area contributed by atoms with E-state index < -0.39 is 0 Å². The Balaban J connectivity index is 2.15. The van der Waals surface area contributed by atoms with Gasteiger partial charge in [0.25, 0.3) is 0 Å². The second kappa shape index (κ2) is 6.23. The highest BCUT2D eigenvalue weighted by molar-refractivity contribution is 5.95. The molecule has 0 saturated carbocycles. The summed E-state index contributed by atoms with van der Waals surface area (Å²) in [6, 6.07) is 3.87. The predicted molar refractivity (Wildman–Crippen MR) is 72.0 cm³/mol. The number of nitrogens with two attached hydrogens (primary N) is 1. The number of anilines is 1. The minimum Gasteiger partial charge on any atom is -0.409 e. The molecule has 0 spiro atoms. The van der Waals surface area contributed by atoms with Crippen molar-refractivity contribution in [2.24, 2.45) is 10.9 Å². The van der Waals surface area contributed by atoms with E-state index in [0.717, 1.165) is 18.8 Å². The maximum atomic E-state index is 8.68. The zero-order chi connectivity index (χ0) is 12.8. The first-order valence-corrected chi connectivity index (χ1v) is 6.50. The Morgan fingerprint density at radius 3 is 2.56 bits per heavy atom. The van der Waals surface area contributed by atoms with Crippen LogP contribution in [0.3, 0.4) is 0 Å². The van der Waals surface area contributed by atoms with Crippen LogP contribution in [0.4, 0.5) is 5.69 Å². The zero-order valence-electron chi connectivity index (χ0n) is 10.5. The second-order valence-corrected chi connectivity index (χ2v) is 4.64. The van der Waals surface area contributed by atoms with E-state index in [9.17, 15) is 0 Å². The zero-order valence-corrected chi connectivity index (χ0v) is 10.5. The summed E-state index contributed by atoms with van der Waals surface area (Å²) in [5, 5.41) is 11.7. The van der Waals surface area contributed by atoms with Crippen LogP contribution in [0, 0.1) is 0 Å². The Bertz CT molecular complexity index is 411. The highest BCUT2D eigenvalue weighted by Gasteiger charge is 2.11. The van der Waals surface area contributed by atoms with E-state index in [1.807, 2.05) is 12.1 Å². The lowest BCUT2D eigenvalue weighted by atomic mass is 10.1. The fourth-order valence-electron chi connectivity index (χ4n) is 2.31. The van der Waals surface area contributed by atoms with Gasteiger partial charge in [0.05, 0.1) is 0 Å². The van der Waals surface area contributed by atoms with Crippen LogP contribution in [0.2, 0.25) is 0 Å². The van der Waals surface area contributed by atoms with Gasteiger partial charge in [-0.15, -0.1) is 0 Å². The average molecular weight is 248 g/mol. The van der Waals surface area contributed by atoms with Gasteiger partial charge in [0.1, 0.15) is 5.69 Å². The van der Waals surface area contributed by atoms with Gasteiger partial charge in [-0.1, -0.05) is 24.4 Å². The van der Waals surface area contributed by atoms with Crippen LogP contribution < -0.4 is 10.6 Å². The molecule has 5 nitrogen and oxygen atoms in total. The predicted octanol–water partition coefficient (Wildman–Crippen LogP) is 1.95. The number of rotatable bonds is 2. The van der Waals surface area contributed by atoms with Gasteiger partial charge >= 0.3 is 0 Å². The SMILES string of the molecule is NC(=NO)c1cc(N2CCCCCCC2)ccn1. The summed E-state index contributed by atoms with van der Waals surface area (Å²) in [6.07, 6.45) is 8.10. The third-order valence-electron chi connectivity index (χ3n) is 3.33. The number of oxime groups is 1. The first-order valence-electron chi connectivity index (χ1n) is 6.50. The van der Waals surface area contributed by atoms with Crippen molar-refractivity contribution in [3.05, 3.63) is 24.0 Å². The Labute approximate surface area is 107 Å². The molecular weight excluding hydrogens is 228 g/mol. The fourth-order valence-corrected chi connectivity index (χ4v) is 2.31. The lowest BCUT2D eigenvalue weighted by molar-refractivity contribution is 0.318. The van der Waals surface area contributed by atoms with E-state index in [4.69, 9.17) is 10.9 Å². The fraction of sp³-hybridized carbons (Fsp3) is 0.538. The number of aromatic nitrogens is 1. The maximum absolute atomic E-state index is 8.68. The van der Waals surface area contributed by atoms with Gasteiger partial charge in [-0.05, 0) is 25.0 Å². The van der Waals surface area contributed by atoms with E-state index in [1.165, 1.54) is 32.1 Å². The topological polar surface area (TPSA) is 74.7 Å². The summed E-state index contributed by atoms with van der Waals surface area (Å²) in [5.41, 5.74) is 7.20. The van der Waals surface area contributed by atoms with Gasteiger partial charge in [0, 0.05) is 25.0 Å². The molecule has 0 unspecified atom stereocenters. The Kier molecular flexibility index (Phi) is 4.39. The highest BCUT2D eigenvalue weighted by Crippen LogP contribution is 2.19. The monoisotopic (exact) mass is 248 g/mol. The van der Waals surface area contributed by atoms with E-state index in [0.29, 0.717) is 5.69 Å². The average Bonchev–Trinajstić information content (AvgIpc) is 2.37. The molecule has 0 aliphatic carbocycles. The lowest BCUT2D eigenvalue weighted by Crippen LogP contribution is -2.27. The molecule has 1 saturated heterocycles. The molecule has 1 aliphatic rings. The number of pyridine rings is 1. The molecule has 0 radical (unpaired) electrons. The number of nitrogens with zero attached hydrogens (tertiary/aromatic N) is 3. The molecule has 1 aliphatic heterocycles. The molecule has 1 aromatic heterocycles. The molecule has 5 heteroatoms. The van der Waals surface area contributed by atoms with Gasteiger partial charge in [0.2, 0.25) is 0 Å². The van der Waals surface area contributed by atoms with Crippen LogP contribution in [0.15, 0.2) is 23.5 Å². The van der Waals surface area contributed by atoms with Crippen molar-refractivity contribution in [3.8, 4) is 0 Å². The van der Waals surface area contributed by atoms with E-state index in [1.54, 1.807) is 6.20 Å². The number of amidine groups is 1. The number of hydrogen-bond donors (Lipinski definition) is 2. The first-order chi connectivity index (χ1) is 8.81. The Morgan fingerprint density at radius 1 is 1.22 bits per heavy atom. The summed E-state index contributed by atoms with van der Waals surface area (Å²) in [6.45, 7) is 2.14. The van der Waals surface area contributed by atoms with Crippen molar-refractivity contribution in [1.29, 1.82) is 0 Å². The standard InChI is InChI=1S/C13H20N4O/c14-13(16-18)12-10-11(6-7-15-12)17-8-4-2-1-3-5-9-17/h6-7,10,18H,1-5,8-9H2,(H2,14,16). The summed E-state index contributed by atoms with van der Waals surface area (Å²) < 4.78 is 0. The van der Waals surface area contributed by atoms with E-state index in [-0.39, 0.29) is 5.84 Å². The molecule has 1 fully saturated rings. The van der Waals surface area contributed by atoms with E-state index >= 15 is 0 Å². The molecule has 0 aromatic carbocycles. The largest absolute Gasteiger partial charge is 0.409 e. The molecule has 2 rings (SSSR count). The normalized spacial score (nSPS) is 18.2. The van der Waals surface area contributed by atoms with Crippen molar-refractivity contribution >= 4 is 11.5 Å². The van der Waals surface area contributed by atoms with Gasteiger partial charge in [-0.25, -0.2) is 0 Å². The van der Waals surface area contributed by atoms with Crippen molar-refractivity contribution < 1.29 is 5.21 Å². The van der Waals surface area contributed by atoms with Crippen LogP contribution in [-0.2, 0) is 0 Å². The molecular formula is C13H20N4O. The Morgan fingerprint density at radius 2 is 1.89 bits per heavy atom. The summed E-state index contributed by atoms with van der Waals surface area (Å²) >= 11 is 0. The molecule has 3 N–H and O–H groups in total. The van der Waals surface area contributed by atoms with Gasteiger partial charge in [0.15, 0.2) is 5.84 Å². The molecule has 18 heavy (non-hydrogen) atoms. The van der Waals surface area contributed by atoms with Gasteiger partial charge in [-0.3, -0.25) is 4.98 Å². The van der Waals surface area contributed by atoms with Crippen LogP contribution in [0.5, 0.6) is 0 Å². The Hall–Kier alpha value is -1.78.